The first-order valence-electron chi connectivity index (χ1n) is 4.97. The van der Waals surface area contributed by atoms with Crippen molar-refractivity contribution in [3.63, 3.8) is 0 Å². The number of aldehydes is 1. The Kier molecular flexibility index (Phi) is 3.28. The lowest BCUT2D eigenvalue weighted by Gasteiger charge is -2.10. The molecule has 0 bridgehead atoms. The topological polar surface area (TPSA) is 44.1 Å². The molecule has 5 heteroatoms. The van der Waals surface area contributed by atoms with E-state index in [1.165, 1.54) is 0 Å². The van der Waals surface area contributed by atoms with Gasteiger partial charge >= 0.3 is 0 Å². The Morgan fingerprint density at radius 1 is 1.47 bits per heavy atom. The lowest BCUT2D eigenvalue weighted by Crippen LogP contribution is -1.96. The quantitative estimate of drug-likeness (QED) is 0.818. The predicted molar refractivity (Wildman–Crippen MR) is 68.3 cm³/mol. The maximum Gasteiger partial charge on any atom is 0.170 e. The van der Waals surface area contributed by atoms with Gasteiger partial charge in [-0.05, 0) is 18.2 Å². The van der Waals surface area contributed by atoms with Crippen LogP contribution in [0.5, 0.6) is 5.75 Å². The lowest BCUT2D eigenvalue weighted by atomic mass is 10.1. The largest absolute Gasteiger partial charge is 0.496 e. The van der Waals surface area contributed by atoms with Crippen LogP contribution in [0.1, 0.15) is 10.5 Å². The number of nitrogens with zero attached hydrogens (tertiary/aromatic N) is 2. The van der Waals surface area contributed by atoms with Crippen LogP contribution >= 0.6 is 15.9 Å². The fraction of sp³-hybridized carbons (Fsp3) is 0.167. The third-order valence-electron chi connectivity index (χ3n) is 2.49. The van der Waals surface area contributed by atoms with Crippen LogP contribution in [-0.2, 0) is 7.05 Å². The van der Waals surface area contributed by atoms with E-state index < -0.39 is 0 Å². The standard InChI is InChI=1S/C12H11BrN2O2/c1-15-7-14-10(6-16)12(15)9-5-8(13)3-4-11(9)17-2/h3-7H,1-2H3. The molecule has 17 heavy (non-hydrogen) atoms. The number of halogens is 1. The van der Waals surface area contributed by atoms with Gasteiger partial charge in [0.05, 0.1) is 19.1 Å². The molecule has 0 aliphatic rings. The van der Waals surface area contributed by atoms with Gasteiger partial charge in [-0.2, -0.15) is 0 Å². The minimum Gasteiger partial charge on any atom is -0.496 e. The van der Waals surface area contributed by atoms with E-state index in [0.29, 0.717) is 11.4 Å². The van der Waals surface area contributed by atoms with Crippen molar-refractivity contribution in [1.82, 2.24) is 9.55 Å². The number of methoxy groups -OCH3 is 1. The molecule has 0 N–H and O–H groups in total. The number of rotatable bonds is 3. The van der Waals surface area contributed by atoms with Crippen molar-refractivity contribution in [2.75, 3.05) is 7.11 Å². The Bertz CT molecular complexity index is 564. The Balaban J connectivity index is 2.70. The van der Waals surface area contributed by atoms with Gasteiger partial charge in [-0.1, -0.05) is 15.9 Å². The van der Waals surface area contributed by atoms with Crippen molar-refractivity contribution in [1.29, 1.82) is 0 Å². The second kappa shape index (κ2) is 4.71. The van der Waals surface area contributed by atoms with Crippen LogP contribution in [0.15, 0.2) is 29.0 Å². The molecule has 1 heterocycles. The van der Waals surface area contributed by atoms with E-state index in [4.69, 9.17) is 4.74 Å². The van der Waals surface area contributed by atoms with Crippen molar-refractivity contribution >= 4 is 22.2 Å². The van der Waals surface area contributed by atoms with Crippen molar-refractivity contribution in [3.05, 3.63) is 34.7 Å². The second-order valence-corrected chi connectivity index (χ2v) is 4.47. The maximum atomic E-state index is 11.0. The van der Waals surface area contributed by atoms with Gasteiger partial charge in [-0.15, -0.1) is 0 Å². The molecule has 1 aromatic carbocycles. The van der Waals surface area contributed by atoms with Crippen molar-refractivity contribution in [2.45, 2.75) is 0 Å². The number of carbonyl (C=O) groups excluding carboxylic acids is 1. The molecule has 2 aromatic rings. The molecule has 0 unspecified atom stereocenters. The van der Waals surface area contributed by atoms with E-state index in [-0.39, 0.29) is 0 Å². The molecule has 0 amide bonds. The van der Waals surface area contributed by atoms with Crippen LogP contribution in [0.25, 0.3) is 11.3 Å². The van der Waals surface area contributed by atoms with Gasteiger partial charge in [0.1, 0.15) is 11.4 Å². The van der Waals surface area contributed by atoms with Crippen LogP contribution in [0.2, 0.25) is 0 Å². The number of carbonyl (C=O) groups is 1. The summed E-state index contributed by atoms with van der Waals surface area (Å²) in [4.78, 5) is 15.0. The summed E-state index contributed by atoms with van der Waals surface area (Å²) in [5.41, 5.74) is 1.99. The molecule has 88 valence electrons. The maximum absolute atomic E-state index is 11.0. The Labute approximate surface area is 107 Å². The minimum atomic E-state index is 0.406. The smallest absolute Gasteiger partial charge is 0.170 e. The average molecular weight is 295 g/mol. The van der Waals surface area contributed by atoms with E-state index in [9.17, 15) is 4.79 Å². The molecular weight excluding hydrogens is 284 g/mol. The highest BCUT2D eigenvalue weighted by Gasteiger charge is 2.15. The van der Waals surface area contributed by atoms with Gasteiger partial charge < -0.3 is 9.30 Å². The van der Waals surface area contributed by atoms with Gasteiger partial charge in [0.2, 0.25) is 0 Å². The molecule has 0 aliphatic carbocycles. The van der Waals surface area contributed by atoms with Crippen molar-refractivity contribution in [2.24, 2.45) is 7.05 Å². The van der Waals surface area contributed by atoms with Crippen LogP contribution in [0, 0.1) is 0 Å². The molecule has 0 saturated heterocycles. The summed E-state index contributed by atoms with van der Waals surface area (Å²) < 4.78 is 8.02. The molecule has 4 nitrogen and oxygen atoms in total. The average Bonchev–Trinajstić information content (AvgIpc) is 2.70. The minimum absolute atomic E-state index is 0.406. The van der Waals surface area contributed by atoms with Gasteiger partial charge in [-0.25, -0.2) is 4.98 Å². The number of benzene rings is 1. The normalized spacial score (nSPS) is 10.3. The molecular formula is C12H11BrN2O2. The number of ether oxygens (including phenoxy) is 1. The number of hydrogen-bond acceptors (Lipinski definition) is 3. The molecule has 0 spiro atoms. The highest BCUT2D eigenvalue weighted by atomic mass is 79.9. The van der Waals surface area contributed by atoms with Crippen molar-refractivity contribution < 1.29 is 9.53 Å². The fourth-order valence-corrected chi connectivity index (χ4v) is 2.09. The van der Waals surface area contributed by atoms with Crippen molar-refractivity contribution in [3.8, 4) is 17.0 Å². The van der Waals surface area contributed by atoms with E-state index in [1.54, 1.807) is 18.0 Å². The summed E-state index contributed by atoms with van der Waals surface area (Å²) in [6.07, 6.45) is 2.36. The summed E-state index contributed by atoms with van der Waals surface area (Å²) >= 11 is 3.41. The summed E-state index contributed by atoms with van der Waals surface area (Å²) in [6, 6.07) is 5.64. The summed E-state index contributed by atoms with van der Waals surface area (Å²) in [5, 5.41) is 0. The van der Waals surface area contributed by atoms with E-state index in [1.807, 2.05) is 25.2 Å². The van der Waals surface area contributed by atoms with E-state index in [2.05, 4.69) is 20.9 Å². The van der Waals surface area contributed by atoms with E-state index >= 15 is 0 Å². The first-order valence-corrected chi connectivity index (χ1v) is 5.77. The zero-order valence-electron chi connectivity index (χ0n) is 9.48. The highest BCUT2D eigenvalue weighted by Crippen LogP contribution is 2.33. The van der Waals surface area contributed by atoms with Gasteiger partial charge in [0.15, 0.2) is 6.29 Å². The molecule has 0 fully saturated rings. The molecule has 0 saturated carbocycles. The predicted octanol–water partition coefficient (Wildman–Crippen LogP) is 2.67. The van der Waals surface area contributed by atoms with E-state index in [0.717, 1.165) is 22.0 Å². The monoisotopic (exact) mass is 294 g/mol. The van der Waals surface area contributed by atoms with Crippen LogP contribution in [-0.4, -0.2) is 22.9 Å². The summed E-state index contributed by atoms with van der Waals surface area (Å²) in [6.45, 7) is 0. The SMILES string of the molecule is COc1ccc(Br)cc1-c1c(C=O)ncn1C. The lowest BCUT2D eigenvalue weighted by molar-refractivity contribution is 0.112. The number of aryl methyl sites for hydroxylation is 1. The van der Waals surface area contributed by atoms with Gasteiger partial charge in [-0.3, -0.25) is 4.79 Å². The Hall–Kier alpha value is -1.62. The van der Waals surface area contributed by atoms with Crippen LogP contribution in [0.4, 0.5) is 0 Å². The number of imidazole rings is 1. The Morgan fingerprint density at radius 2 is 2.24 bits per heavy atom. The number of hydrogen-bond donors (Lipinski definition) is 0. The first-order chi connectivity index (χ1) is 8.17. The van der Waals surface area contributed by atoms with Crippen LogP contribution in [0.3, 0.4) is 0 Å². The van der Waals surface area contributed by atoms with Crippen LogP contribution < -0.4 is 4.74 Å². The summed E-state index contributed by atoms with van der Waals surface area (Å²) in [5.74, 6) is 0.708. The first kappa shape index (κ1) is 11.9. The van der Waals surface area contributed by atoms with Gasteiger partial charge in [0, 0.05) is 17.1 Å². The Morgan fingerprint density at radius 3 is 2.88 bits per heavy atom. The third-order valence-corrected chi connectivity index (χ3v) is 2.99. The summed E-state index contributed by atoms with van der Waals surface area (Å²) in [7, 11) is 3.44. The fourth-order valence-electron chi connectivity index (χ4n) is 1.73. The molecule has 0 atom stereocenters. The molecule has 2 rings (SSSR count). The zero-order valence-corrected chi connectivity index (χ0v) is 11.1. The molecule has 0 aliphatic heterocycles. The number of aromatic nitrogens is 2. The molecule has 1 aromatic heterocycles. The molecule has 0 radical (unpaired) electrons. The second-order valence-electron chi connectivity index (χ2n) is 3.55. The van der Waals surface area contributed by atoms with Gasteiger partial charge in [0.25, 0.3) is 0 Å². The third kappa shape index (κ3) is 2.10. The highest BCUT2D eigenvalue weighted by molar-refractivity contribution is 9.10. The zero-order chi connectivity index (χ0) is 12.4.